The Morgan fingerprint density at radius 1 is 1.50 bits per heavy atom. The van der Waals surface area contributed by atoms with Crippen molar-refractivity contribution in [2.75, 3.05) is 5.32 Å². The van der Waals surface area contributed by atoms with E-state index in [1.54, 1.807) is 0 Å². The van der Waals surface area contributed by atoms with Gasteiger partial charge >= 0.3 is 0 Å². The van der Waals surface area contributed by atoms with Crippen molar-refractivity contribution < 1.29 is 9.18 Å². The summed E-state index contributed by atoms with van der Waals surface area (Å²) in [5, 5.41) is 11.9. The monoisotopic (exact) mass is 284 g/mol. The van der Waals surface area contributed by atoms with Gasteiger partial charge in [0.25, 0.3) is 5.91 Å². The Morgan fingerprint density at radius 2 is 2.31 bits per heavy atom. The van der Waals surface area contributed by atoms with Gasteiger partial charge in [0.15, 0.2) is 5.69 Å². The van der Waals surface area contributed by atoms with Crippen molar-refractivity contribution in [3.8, 4) is 0 Å². The van der Waals surface area contributed by atoms with E-state index in [9.17, 15) is 9.18 Å². The molecule has 2 aromatic rings. The number of carbonyl (C=O) groups excluding carboxylic acids is 1. The zero-order chi connectivity index (χ0) is 11.5. The van der Waals surface area contributed by atoms with Crippen LogP contribution in [0.1, 0.15) is 10.5 Å². The number of carbonyl (C=O) groups is 1. The number of anilines is 1. The van der Waals surface area contributed by atoms with Crippen LogP contribution in [0.15, 0.2) is 28.9 Å². The third-order valence-electron chi connectivity index (χ3n) is 1.82. The fourth-order valence-corrected chi connectivity index (χ4v) is 1.44. The summed E-state index contributed by atoms with van der Waals surface area (Å²) >= 11 is 3.20. The molecule has 0 unspecified atom stereocenters. The number of benzene rings is 1. The highest BCUT2D eigenvalue weighted by Crippen LogP contribution is 2.23. The Bertz CT molecular complexity index is 514. The molecule has 0 aliphatic heterocycles. The zero-order valence-corrected chi connectivity index (χ0v) is 9.45. The third-order valence-corrected chi connectivity index (χ3v) is 2.52. The minimum Gasteiger partial charge on any atom is -0.319 e. The Labute approximate surface area is 98.2 Å². The average Bonchev–Trinajstić information content (AvgIpc) is 2.76. The minimum absolute atomic E-state index is 0.135. The highest BCUT2D eigenvalue weighted by molar-refractivity contribution is 9.10. The van der Waals surface area contributed by atoms with Crippen LogP contribution in [-0.2, 0) is 0 Å². The van der Waals surface area contributed by atoms with Gasteiger partial charge in [-0.1, -0.05) is 0 Å². The van der Waals surface area contributed by atoms with E-state index in [1.165, 1.54) is 24.4 Å². The SMILES string of the molecule is O=C(Nc1cc(F)ccc1Br)c1cn[nH]n1. The molecule has 1 amide bonds. The summed E-state index contributed by atoms with van der Waals surface area (Å²) < 4.78 is 13.5. The molecule has 5 nitrogen and oxygen atoms in total. The molecule has 1 aromatic carbocycles. The van der Waals surface area contributed by atoms with Gasteiger partial charge in [0.2, 0.25) is 0 Å². The van der Waals surface area contributed by atoms with Crippen LogP contribution in [-0.4, -0.2) is 21.3 Å². The van der Waals surface area contributed by atoms with E-state index in [4.69, 9.17) is 0 Å². The van der Waals surface area contributed by atoms with Crippen LogP contribution in [0.4, 0.5) is 10.1 Å². The van der Waals surface area contributed by atoms with E-state index in [1.807, 2.05) is 0 Å². The third kappa shape index (κ3) is 2.25. The number of H-pyrrole nitrogens is 1. The van der Waals surface area contributed by atoms with Gasteiger partial charge in [0.05, 0.1) is 11.9 Å². The fraction of sp³-hybridized carbons (Fsp3) is 0. The first-order valence-electron chi connectivity index (χ1n) is 4.29. The molecule has 0 aliphatic rings. The molecular weight excluding hydrogens is 279 g/mol. The molecule has 16 heavy (non-hydrogen) atoms. The normalized spacial score (nSPS) is 10.1. The predicted molar refractivity (Wildman–Crippen MR) is 58.4 cm³/mol. The Morgan fingerprint density at radius 3 is 3.00 bits per heavy atom. The lowest BCUT2D eigenvalue weighted by molar-refractivity contribution is 0.102. The maximum Gasteiger partial charge on any atom is 0.277 e. The van der Waals surface area contributed by atoms with Gasteiger partial charge in [-0.15, -0.1) is 0 Å². The van der Waals surface area contributed by atoms with Crippen molar-refractivity contribution in [3.05, 3.63) is 40.4 Å². The van der Waals surface area contributed by atoms with Gasteiger partial charge in [-0.2, -0.15) is 15.4 Å². The van der Waals surface area contributed by atoms with Crippen LogP contribution in [0.5, 0.6) is 0 Å². The molecule has 0 fully saturated rings. The lowest BCUT2D eigenvalue weighted by atomic mass is 10.3. The standard InChI is InChI=1S/C9H6BrFN4O/c10-6-2-1-5(11)3-7(6)13-9(16)8-4-12-15-14-8/h1-4H,(H,13,16)(H,12,14,15). The zero-order valence-electron chi connectivity index (χ0n) is 7.87. The first kappa shape index (κ1) is 10.7. The van der Waals surface area contributed by atoms with E-state index in [0.717, 1.165) is 0 Å². The number of rotatable bonds is 2. The topological polar surface area (TPSA) is 70.7 Å². The predicted octanol–water partition coefficient (Wildman–Crippen LogP) is 1.96. The Hall–Kier alpha value is -1.76. The van der Waals surface area contributed by atoms with Crippen LogP contribution in [0.3, 0.4) is 0 Å². The summed E-state index contributed by atoms with van der Waals surface area (Å²) in [6, 6.07) is 4.01. The summed E-state index contributed by atoms with van der Waals surface area (Å²) in [5.74, 6) is -0.890. The molecular formula is C9H6BrFN4O. The van der Waals surface area contributed by atoms with Crippen molar-refractivity contribution in [2.24, 2.45) is 0 Å². The van der Waals surface area contributed by atoms with Crippen molar-refractivity contribution in [3.63, 3.8) is 0 Å². The maximum absolute atomic E-state index is 12.9. The van der Waals surface area contributed by atoms with E-state index in [-0.39, 0.29) is 5.69 Å². The Balaban J connectivity index is 2.21. The number of hydrogen-bond donors (Lipinski definition) is 2. The smallest absolute Gasteiger partial charge is 0.277 e. The number of nitrogens with zero attached hydrogens (tertiary/aromatic N) is 2. The number of hydrogen-bond acceptors (Lipinski definition) is 3. The molecule has 0 saturated heterocycles. The molecule has 7 heteroatoms. The molecule has 0 saturated carbocycles. The summed E-state index contributed by atoms with van der Waals surface area (Å²) in [7, 11) is 0. The van der Waals surface area contributed by atoms with Crippen LogP contribution >= 0.6 is 15.9 Å². The second-order valence-corrected chi connectivity index (χ2v) is 3.79. The largest absolute Gasteiger partial charge is 0.319 e. The van der Waals surface area contributed by atoms with Crippen molar-refractivity contribution in [1.82, 2.24) is 15.4 Å². The molecule has 82 valence electrons. The molecule has 1 aromatic heterocycles. The van der Waals surface area contributed by atoms with Crippen LogP contribution < -0.4 is 5.32 Å². The van der Waals surface area contributed by atoms with Gasteiger partial charge in [0.1, 0.15) is 5.82 Å². The van der Waals surface area contributed by atoms with Crippen molar-refractivity contribution >= 4 is 27.5 Å². The van der Waals surface area contributed by atoms with Crippen LogP contribution in [0.2, 0.25) is 0 Å². The number of nitrogens with one attached hydrogen (secondary N) is 2. The van der Waals surface area contributed by atoms with Gasteiger partial charge in [-0.3, -0.25) is 4.79 Å². The summed E-state index contributed by atoms with van der Waals surface area (Å²) in [4.78, 5) is 11.6. The number of halogens is 2. The summed E-state index contributed by atoms with van der Waals surface area (Å²) in [6.45, 7) is 0. The molecule has 0 aliphatic carbocycles. The number of aromatic amines is 1. The van der Waals surface area contributed by atoms with E-state index in [2.05, 4.69) is 36.7 Å². The van der Waals surface area contributed by atoms with Gasteiger partial charge in [-0.25, -0.2) is 4.39 Å². The van der Waals surface area contributed by atoms with Crippen LogP contribution in [0.25, 0.3) is 0 Å². The fourth-order valence-electron chi connectivity index (χ4n) is 1.09. The quantitative estimate of drug-likeness (QED) is 0.886. The summed E-state index contributed by atoms with van der Waals surface area (Å²) in [5.41, 5.74) is 0.476. The second-order valence-electron chi connectivity index (χ2n) is 2.93. The first-order valence-corrected chi connectivity index (χ1v) is 5.08. The molecule has 0 radical (unpaired) electrons. The Kier molecular flexibility index (Phi) is 2.95. The molecule has 1 heterocycles. The second kappa shape index (κ2) is 4.40. The van der Waals surface area contributed by atoms with E-state index >= 15 is 0 Å². The van der Waals surface area contributed by atoms with Gasteiger partial charge < -0.3 is 5.32 Å². The van der Waals surface area contributed by atoms with Crippen molar-refractivity contribution in [1.29, 1.82) is 0 Å². The van der Waals surface area contributed by atoms with E-state index < -0.39 is 11.7 Å². The van der Waals surface area contributed by atoms with Crippen LogP contribution in [0, 0.1) is 5.82 Å². The lowest BCUT2D eigenvalue weighted by Crippen LogP contribution is -2.12. The maximum atomic E-state index is 12.9. The highest BCUT2D eigenvalue weighted by Gasteiger charge is 2.11. The highest BCUT2D eigenvalue weighted by atomic mass is 79.9. The molecule has 2 N–H and O–H groups in total. The lowest BCUT2D eigenvalue weighted by Gasteiger charge is -2.05. The van der Waals surface area contributed by atoms with Crippen molar-refractivity contribution in [2.45, 2.75) is 0 Å². The number of aromatic nitrogens is 3. The number of amides is 1. The molecule has 0 atom stereocenters. The van der Waals surface area contributed by atoms with Gasteiger partial charge in [-0.05, 0) is 34.1 Å². The summed E-state index contributed by atoms with van der Waals surface area (Å²) in [6.07, 6.45) is 1.28. The average molecular weight is 285 g/mol. The molecule has 2 rings (SSSR count). The molecule has 0 bridgehead atoms. The van der Waals surface area contributed by atoms with E-state index in [0.29, 0.717) is 10.2 Å². The minimum atomic E-state index is -0.458. The first-order chi connectivity index (χ1) is 7.66. The van der Waals surface area contributed by atoms with Gasteiger partial charge in [0, 0.05) is 4.47 Å². The molecule has 0 spiro atoms.